The van der Waals surface area contributed by atoms with E-state index >= 15 is 0 Å². The molecule has 0 radical (unpaired) electrons. The van der Waals surface area contributed by atoms with E-state index in [1.807, 2.05) is 14.1 Å². The van der Waals surface area contributed by atoms with Crippen LogP contribution in [0.5, 0.6) is 0 Å². The lowest BCUT2D eigenvalue weighted by atomic mass is 10.2. The van der Waals surface area contributed by atoms with E-state index in [4.69, 9.17) is 5.14 Å². The van der Waals surface area contributed by atoms with Gasteiger partial charge in [-0.05, 0) is 29.8 Å². The standard InChI is InChI=1S/C14H19N3O2S2/c1-17(2)12-5-3-11(4-6-12)9-16-10-13-7-8-14(20-13)21(15,18)19/h3-8,16H,9-10H2,1-2H3,(H2,15,18,19). The molecule has 0 saturated heterocycles. The van der Waals surface area contributed by atoms with Gasteiger partial charge in [-0.15, -0.1) is 11.3 Å². The molecule has 0 spiro atoms. The minimum absolute atomic E-state index is 0.203. The Morgan fingerprint density at radius 3 is 2.29 bits per heavy atom. The van der Waals surface area contributed by atoms with E-state index in [1.165, 1.54) is 16.9 Å². The van der Waals surface area contributed by atoms with Crippen LogP contribution < -0.4 is 15.4 Å². The Labute approximate surface area is 129 Å². The lowest BCUT2D eigenvalue weighted by Crippen LogP contribution is -2.12. The number of hydrogen-bond acceptors (Lipinski definition) is 5. The fourth-order valence-electron chi connectivity index (χ4n) is 1.85. The molecule has 0 saturated carbocycles. The van der Waals surface area contributed by atoms with Crippen molar-refractivity contribution in [3.05, 3.63) is 46.8 Å². The Morgan fingerprint density at radius 2 is 1.76 bits per heavy atom. The number of hydrogen-bond donors (Lipinski definition) is 2. The number of nitrogens with two attached hydrogens (primary N) is 1. The predicted molar refractivity (Wildman–Crippen MR) is 87.0 cm³/mol. The van der Waals surface area contributed by atoms with E-state index in [2.05, 4.69) is 34.5 Å². The molecule has 2 aromatic rings. The van der Waals surface area contributed by atoms with Crippen molar-refractivity contribution >= 4 is 27.0 Å². The summed E-state index contributed by atoms with van der Waals surface area (Å²) in [6, 6.07) is 11.6. The zero-order chi connectivity index (χ0) is 15.5. The van der Waals surface area contributed by atoms with Gasteiger partial charge in [0.15, 0.2) is 0 Å². The third-order valence-electron chi connectivity index (χ3n) is 3.00. The lowest BCUT2D eigenvalue weighted by molar-refractivity contribution is 0.600. The molecule has 5 nitrogen and oxygen atoms in total. The molecule has 0 atom stereocenters. The summed E-state index contributed by atoms with van der Waals surface area (Å²) in [6.45, 7) is 1.35. The molecular weight excluding hydrogens is 306 g/mol. The first-order valence-corrected chi connectivity index (χ1v) is 8.81. The van der Waals surface area contributed by atoms with Crippen molar-refractivity contribution in [1.82, 2.24) is 5.32 Å². The van der Waals surface area contributed by atoms with Crippen LogP contribution in [0.4, 0.5) is 5.69 Å². The highest BCUT2D eigenvalue weighted by Crippen LogP contribution is 2.20. The highest BCUT2D eigenvalue weighted by Gasteiger charge is 2.10. The summed E-state index contributed by atoms with van der Waals surface area (Å²) in [5, 5.41) is 8.38. The fourth-order valence-corrected chi connectivity index (χ4v) is 3.60. The maximum atomic E-state index is 11.2. The normalized spacial score (nSPS) is 11.6. The van der Waals surface area contributed by atoms with E-state index in [9.17, 15) is 8.42 Å². The highest BCUT2D eigenvalue weighted by atomic mass is 32.2. The molecule has 0 aliphatic carbocycles. The molecule has 0 fully saturated rings. The number of primary sulfonamides is 1. The van der Waals surface area contributed by atoms with Gasteiger partial charge in [-0.25, -0.2) is 13.6 Å². The molecule has 114 valence electrons. The molecule has 2 rings (SSSR count). The summed E-state index contributed by atoms with van der Waals surface area (Å²) in [4.78, 5) is 3.00. The molecule has 0 bridgehead atoms. The van der Waals surface area contributed by atoms with Crippen LogP contribution in [0.25, 0.3) is 0 Å². The fraction of sp³-hybridized carbons (Fsp3) is 0.286. The van der Waals surface area contributed by atoms with E-state index in [0.29, 0.717) is 6.54 Å². The number of sulfonamides is 1. The summed E-state index contributed by atoms with van der Waals surface area (Å²) in [5.74, 6) is 0. The smallest absolute Gasteiger partial charge is 0.247 e. The lowest BCUT2D eigenvalue weighted by Gasteiger charge is -2.12. The zero-order valence-electron chi connectivity index (χ0n) is 12.0. The summed E-state index contributed by atoms with van der Waals surface area (Å²) >= 11 is 1.20. The van der Waals surface area contributed by atoms with Gasteiger partial charge in [0, 0.05) is 37.7 Å². The van der Waals surface area contributed by atoms with Crippen LogP contribution in [0.2, 0.25) is 0 Å². The van der Waals surface area contributed by atoms with Crippen molar-refractivity contribution in [2.24, 2.45) is 5.14 Å². The molecule has 1 aromatic carbocycles. The van der Waals surface area contributed by atoms with Crippen LogP contribution in [-0.2, 0) is 23.1 Å². The summed E-state index contributed by atoms with van der Waals surface area (Å²) in [5.41, 5.74) is 2.35. The van der Waals surface area contributed by atoms with Crippen LogP contribution in [0, 0.1) is 0 Å². The second kappa shape index (κ2) is 6.57. The molecule has 21 heavy (non-hydrogen) atoms. The Balaban J connectivity index is 1.88. The van der Waals surface area contributed by atoms with Crippen molar-refractivity contribution in [1.29, 1.82) is 0 Å². The van der Waals surface area contributed by atoms with Gasteiger partial charge in [0.1, 0.15) is 4.21 Å². The maximum absolute atomic E-state index is 11.2. The second-order valence-electron chi connectivity index (χ2n) is 4.93. The zero-order valence-corrected chi connectivity index (χ0v) is 13.7. The molecule has 0 amide bonds. The highest BCUT2D eigenvalue weighted by molar-refractivity contribution is 7.91. The average molecular weight is 325 g/mol. The van der Waals surface area contributed by atoms with Gasteiger partial charge in [0.2, 0.25) is 10.0 Å². The number of anilines is 1. The van der Waals surface area contributed by atoms with Crippen molar-refractivity contribution in [2.45, 2.75) is 17.3 Å². The molecule has 3 N–H and O–H groups in total. The topological polar surface area (TPSA) is 75.4 Å². The van der Waals surface area contributed by atoms with Gasteiger partial charge >= 0.3 is 0 Å². The van der Waals surface area contributed by atoms with Gasteiger partial charge in [0.25, 0.3) is 0 Å². The second-order valence-corrected chi connectivity index (χ2v) is 7.89. The van der Waals surface area contributed by atoms with Crippen molar-refractivity contribution < 1.29 is 8.42 Å². The third kappa shape index (κ3) is 4.53. The van der Waals surface area contributed by atoms with Gasteiger partial charge < -0.3 is 10.2 Å². The van der Waals surface area contributed by atoms with Crippen LogP contribution in [-0.4, -0.2) is 22.5 Å². The van der Waals surface area contributed by atoms with Crippen molar-refractivity contribution in [2.75, 3.05) is 19.0 Å². The third-order valence-corrected chi connectivity index (χ3v) is 5.52. The van der Waals surface area contributed by atoms with Crippen molar-refractivity contribution in [3.8, 4) is 0 Å². The minimum atomic E-state index is -3.59. The van der Waals surface area contributed by atoms with Crippen LogP contribution in [0.3, 0.4) is 0 Å². The molecule has 1 aromatic heterocycles. The summed E-state index contributed by atoms with van der Waals surface area (Å²) < 4.78 is 22.6. The van der Waals surface area contributed by atoms with Crippen molar-refractivity contribution in [3.63, 3.8) is 0 Å². The summed E-state index contributed by atoms with van der Waals surface area (Å²) in [6.07, 6.45) is 0. The molecule has 7 heteroatoms. The number of thiophene rings is 1. The van der Waals surface area contributed by atoms with Gasteiger partial charge in [0.05, 0.1) is 0 Å². The number of nitrogens with zero attached hydrogens (tertiary/aromatic N) is 1. The van der Waals surface area contributed by atoms with E-state index in [1.54, 1.807) is 12.1 Å². The first-order valence-electron chi connectivity index (χ1n) is 6.45. The quantitative estimate of drug-likeness (QED) is 0.848. The predicted octanol–water partition coefficient (Wildman–Crippen LogP) is 1.75. The van der Waals surface area contributed by atoms with Gasteiger partial charge in [-0.3, -0.25) is 0 Å². The van der Waals surface area contributed by atoms with Crippen LogP contribution in [0.15, 0.2) is 40.6 Å². The Bertz CT molecular complexity index is 691. The maximum Gasteiger partial charge on any atom is 0.247 e. The minimum Gasteiger partial charge on any atom is -0.378 e. The van der Waals surface area contributed by atoms with E-state index in [-0.39, 0.29) is 4.21 Å². The SMILES string of the molecule is CN(C)c1ccc(CNCc2ccc(S(N)(=O)=O)s2)cc1. The molecule has 1 heterocycles. The largest absolute Gasteiger partial charge is 0.378 e. The number of rotatable bonds is 6. The molecular formula is C14H19N3O2S2. The first-order chi connectivity index (χ1) is 9.86. The van der Waals surface area contributed by atoms with Crippen LogP contribution in [0.1, 0.15) is 10.4 Å². The average Bonchev–Trinajstić information content (AvgIpc) is 2.88. The number of benzene rings is 1. The van der Waals surface area contributed by atoms with Gasteiger partial charge in [-0.2, -0.15) is 0 Å². The first kappa shape index (κ1) is 16.0. The molecule has 0 aliphatic heterocycles. The van der Waals surface area contributed by atoms with Crippen LogP contribution >= 0.6 is 11.3 Å². The van der Waals surface area contributed by atoms with E-state index < -0.39 is 10.0 Å². The summed E-state index contributed by atoms with van der Waals surface area (Å²) in [7, 11) is 0.428. The van der Waals surface area contributed by atoms with Gasteiger partial charge in [-0.1, -0.05) is 12.1 Å². The Kier molecular flexibility index (Phi) is 5.00. The number of nitrogens with one attached hydrogen (secondary N) is 1. The Morgan fingerprint density at radius 1 is 1.10 bits per heavy atom. The molecule has 0 aliphatic rings. The van der Waals surface area contributed by atoms with E-state index in [0.717, 1.165) is 17.1 Å². The molecule has 0 unspecified atom stereocenters. The monoisotopic (exact) mass is 325 g/mol. The Hall–Kier alpha value is -1.41.